The molecule has 0 unspecified atom stereocenters. The zero-order valence-electron chi connectivity index (χ0n) is 24.5. The van der Waals surface area contributed by atoms with Crippen molar-refractivity contribution in [2.24, 2.45) is 0 Å². The van der Waals surface area contributed by atoms with Gasteiger partial charge in [0.25, 0.3) is 0 Å². The number of aryl methyl sites for hydroxylation is 2. The van der Waals surface area contributed by atoms with Gasteiger partial charge in [0.2, 0.25) is 0 Å². The Labute approximate surface area is 251 Å². The molecule has 43 heavy (non-hydrogen) atoms. The number of unbranched alkanes of at least 4 members (excludes halogenated alkanes) is 4. The number of phenols is 2. The summed E-state index contributed by atoms with van der Waals surface area (Å²) in [5.74, 6) is -0.701. The molecule has 0 amide bonds. The molecule has 0 aliphatic heterocycles. The first-order chi connectivity index (χ1) is 20.7. The van der Waals surface area contributed by atoms with Gasteiger partial charge in [-0.05, 0) is 59.1 Å². The number of nitro groups is 2. The van der Waals surface area contributed by atoms with Gasteiger partial charge in [-0.15, -0.1) is 0 Å². The smallest absolute Gasteiger partial charge is 0.311 e. The van der Waals surface area contributed by atoms with E-state index in [4.69, 9.17) is 0 Å². The summed E-state index contributed by atoms with van der Waals surface area (Å²) in [6, 6.07) is 22.0. The third-order valence-electron chi connectivity index (χ3n) is 8.65. The molecule has 1 aliphatic rings. The van der Waals surface area contributed by atoms with Crippen molar-refractivity contribution in [3.63, 3.8) is 0 Å². The van der Waals surface area contributed by atoms with Crippen LogP contribution in [0.5, 0.6) is 11.5 Å². The highest BCUT2D eigenvalue weighted by Crippen LogP contribution is 2.58. The third kappa shape index (κ3) is 5.11. The molecule has 0 spiro atoms. The Kier molecular flexibility index (Phi) is 8.48. The van der Waals surface area contributed by atoms with E-state index in [-0.39, 0.29) is 11.5 Å². The van der Waals surface area contributed by atoms with Crippen LogP contribution in [0.25, 0.3) is 11.1 Å². The van der Waals surface area contributed by atoms with E-state index in [2.05, 4.69) is 13.8 Å². The number of hydrogen-bond acceptors (Lipinski definition) is 6. The quantitative estimate of drug-likeness (QED) is 0.0863. The fourth-order valence-corrected chi connectivity index (χ4v) is 6.60. The van der Waals surface area contributed by atoms with Crippen molar-refractivity contribution in [3.05, 3.63) is 126 Å². The van der Waals surface area contributed by atoms with Crippen LogP contribution in [-0.4, -0.2) is 20.1 Å². The molecule has 222 valence electrons. The van der Waals surface area contributed by atoms with Crippen molar-refractivity contribution in [2.75, 3.05) is 0 Å². The maximum atomic E-state index is 12.3. The largest absolute Gasteiger partial charge is 0.502 e. The summed E-state index contributed by atoms with van der Waals surface area (Å²) in [7, 11) is 0. The number of nitro benzene ring substituents is 2. The van der Waals surface area contributed by atoms with Crippen molar-refractivity contribution in [3.8, 4) is 22.6 Å². The number of aromatic hydroxyl groups is 2. The van der Waals surface area contributed by atoms with E-state index in [0.29, 0.717) is 35.1 Å². The zero-order valence-corrected chi connectivity index (χ0v) is 24.5. The van der Waals surface area contributed by atoms with Crippen molar-refractivity contribution >= 4 is 11.4 Å². The lowest BCUT2D eigenvalue weighted by Crippen LogP contribution is -2.29. The molecule has 0 aromatic heterocycles. The van der Waals surface area contributed by atoms with Gasteiger partial charge in [-0.25, -0.2) is 0 Å². The summed E-state index contributed by atoms with van der Waals surface area (Å²) >= 11 is 0. The predicted octanol–water partition coefficient (Wildman–Crippen LogP) is 8.74. The average molecular weight is 581 g/mol. The van der Waals surface area contributed by atoms with Crippen LogP contribution < -0.4 is 0 Å². The highest BCUT2D eigenvalue weighted by Gasteiger charge is 2.48. The van der Waals surface area contributed by atoms with Crippen LogP contribution in [-0.2, 0) is 18.3 Å². The lowest BCUT2D eigenvalue weighted by molar-refractivity contribution is -0.386. The van der Waals surface area contributed by atoms with Crippen LogP contribution in [0, 0.1) is 20.2 Å². The molecular formula is C35H36N2O6. The second kappa shape index (κ2) is 12.3. The highest BCUT2D eigenvalue weighted by molar-refractivity contribution is 5.87. The molecule has 0 fully saturated rings. The van der Waals surface area contributed by atoms with Crippen molar-refractivity contribution in [2.45, 2.75) is 70.6 Å². The molecule has 0 atom stereocenters. The van der Waals surface area contributed by atoms with Crippen molar-refractivity contribution < 1.29 is 20.1 Å². The first-order valence-corrected chi connectivity index (χ1v) is 15.0. The molecule has 0 saturated carbocycles. The first kappa shape index (κ1) is 29.8. The van der Waals surface area contributed by atoms with E-state index >= 15 is 0 Å². The second-order valence-corrected chi connectivity index (χ2v) is 11.3. The van der Waals surface area contributed by atoms with Gasteiger partial charge in [0, 0.05) is 23.3 Å². The lowest BCUT2D eigenvalue weighted by Gasteiger charge is -2.34. The Hall–Kier alpha value is -4.72. The molecule has 0 heterocycles. The topological polar surface area (TPSA) is 127 Å². The van der Waals surface area contributed by atoms with Crippen LogP contribution in [0.2, 0.25) is 0 Å². The standard InChI is InChI=1S/C35H36N2O6/c1-3-5-7-13-23-19-25(21-31(33(23)38)36(40)41)35(29-17-11-9-15-27(29)28-16-10-12-18-30(28)35)26-20-24(14-8-6-4-2)34(39)32(22-26)37(42)43/h9-12,15-22,38-39H,3-8,13-14H2,1-2H3. The number of benzene rings is 4. The number of rotatable bonds is 12. The summed E-state index contributed by atoms with van der Waals surface area (Å²) in [5.41, 5.74) is 3.54. The molecule has 5 rings (SSSR count). The van der Waals surface area contributed by atoms with E-state index in [9.17, 15) is 30.4 Å². The normalized spacial score (nSPS) is 13.0. The van der Waals surface area contributed by atoms with Gasteiger partial charge >= 0.3 is 11.4 Å². The minimum absolute atomic E-state index is 0.350. The van der Waals surface area contributed by atoms with Crippen molar-refractivity contribution in [1.29, 1.82) is 0 Å². The molecule has 2 N–H and O–H groups in total. The number of nitrogens with zero attached hydrogens (tertiary/aromatic N) is 2. The van der Waals surface area contributed by atoms with E-state index in [1.807, 2.05) is 60.7 Å². The minimum Gasteiger partial charge on any atom is -0.502 e. The van der Waals surface area contributed by atoms with Gasteiger partial charge in [0.05, 0.1) is 15.3 Å². The molecule has 4 aromatic carbocycles. The fourth-order valence-electron chi connectivity index (χ4n) is 6.60. The van der Waals surface area contributed by atoms with Gasteiger partial charge in [-0.1, -0.05) is 100 Å². The molecule has 0 saturated heterocycles. The van der Waals surface area contributed by atoms with Crippen LogP contribution in [0.3, 0.4) is 0 Å². The van der Waals surface area contributed by atoms with Gasteiger partial charge in [0.1, 0.15) is 0 Å². The average Bonchev–Trinajstić information content (AvgIpc) is 3.30. The SMILES string of the molecule is CCCCCc1cc(C2(c3cc(CCCCC)c(O)c([N+](=O)[O-])c3)c3ccccc3-c3ccccc32)cc([N+](=O)[O-])c1O. The Morgan fingerprint density at radius 1 is 0.628 bits per heavy atom. The zero-order chi connectivity index (χ0) is 30.7. The van der Waals surface area contributed by atoms with E-state index in [1.54, 1.807) is 0 Å². The van der Waals surface area contributed by atoms with E-state index in [0.717, 1.165) is 60.8 Å². The molecule has 4 aromatic rings. The van der Waals surface area contributed by atoms with Gasteiger partial charge in [-0.3, -0.25) is 20.2 Å². The van der Waals surface area contributed by atoms with Crippen LogP contribution in [0.1, 0.15) is 85.8 Å². The van der Waals surface area contributed by atoms with Crippen LogP contribution >= 0.6 is 0 Å². The third-order valence-corrected chi connectivity index (χ3v) is 8.65. The monoisotopic (exact) mass is 580 g/mol. The van der Waals surface area contributed by atoms with Gasteiger partial charge in [-0.2, -0.15) is 0 Å². The van der Waals surface area contributed by atoms with E-state index < -0.39 is 26.6 Å². The summed E-state index contributed by atoms with van der Waals surface area (Å²) in [6.07, 6.45) is 6.10. The fraction of sp³-hybridized carbons (Fsp3) is 0.314. The Balaban J connectivity index is 1.91. The van der Waals surface area contributed by atoms with Gasteiger partial charge < -0.3 is 10.2 Å². The number of fused-ring (bicyclic) bond motifs is 3. The summed E-state index contributed by atoms with van der Waals surface area (Å²) < 4.78 is 0. The maximum Gasteiger partial charge on any atom is 0.311 e. The number of phenolic OH excluding ortho intramolecular Hbond substituents is 2. The van der Waals surface area contributed by atoms with E-state index in [1.165, 1.54) is 12.1 Å². The minimum atomic E-state index is -1.18. The summed E-state index contributed by atoms with van der Waals surface area (Å²) in [6.45, 7) is 4.13. The highest BCUT2D eigenvalue weighted by atomic mass is 16.6. The van der Waals surface area contributed by atoms with Gasteiger partial charge in [0.15, 0.2) is 11.5 Å². The maximum absolute atomic E-state index is 12.3. The molecular weight excluding hydrogens is 544 g/mol. The second-order valence-electron chi connectivity index (χ2n) is 11.3. The Bertz CT molecular complexity index is 1570. The molecule has 0 bridgehead atoms. The summed E-state index contributed by atoms with van der Waals surface area (Å²) in [5, 5.41) is 46.7. The first-order valence-electron chi connectivity index (χ1n) is 15.0. The number of hydrogen-bond donors (Lipinski definition) is 2. The molecule has 0 radical (unpaired) electrons. The van der Waals surface area contributed by atoms with Crippen LogP contribution in [0.15, 0.2) is 72.8 Å². The predicted molar refractivity (Wildman–Crippen MR) is 167 cm³/mol. The molecule has 8 nitrogen and oxygen atoms in total. The lowest BCUT2D eigenvalue weighted by atomic mass is 9.66. The molecule has 8 heteroatoms. The Morgan fingerprint density at radius 2 is 1.02 bits per heavy atom. The summed E-state index contributed by atoms with van der Waals surface area (Å²) in [4.78, 5) is 23.5. The van der Waals surface area contributed by atoms with Crippen molar-refractivity contribution in [1.82, 2.24) is 0 Å². The Morgan fingerprint density at radius 3 is 1.40 bits per heavy atom. The molecule has 1 aliphatic carbocycles. The van der Waals surface area contributed by atoms with Crippen LogP contribution in [0.4, 0.5) is 11.4 Å².